The molecule has 1 aromatic heterocycles. The minimum atomic E-state index is -1.07. The van der Waals surface area contributed by atoms with E-state index in [9.17, 15) is 14.7 Å². The van der Waals surface area contributed by atoms with Crippen molar-refractivity contribution in [3.8, 4) is 17.0 Å². The van der Waals surface area contributed by atoms with Crippen LogP contribution < -0.4 is 15.0 Å². The minimum absolute atomic E-state index is 0.211. The molecule has 5 rings (SSSR count). The number of nitrogens with zero attached hydrogens (tertiary/aromatic N) is 2. The number of ether oxygens (including phenoxy) is 1. The molecule has 5 aromatic rings. The smallest absolute Gasteiger partial charge is 0.326 e. The lowest BCUT2D eigenvalue weighted by molar-refractivity contribution is -0.139. The van der Waals surface area contributed by atoms with Gasteiger partial charge in [-0.05, 0) is 59.5 Å². The molecule has 0 aliphatic carbocycles. The number of hydrogen-bond acceptors (Lipinski definition) is 6. The average molecular weight is 592 g/mol. The largest absolute Gasteiger partial charge is 0.497 e. The summed E-state index contributed by atoms with van der Waals surface area (Å²) in [5.41, 5.74) is 5.45. The van der Waals surface area contributed by atoms with Crippen LogP contribution in [0.15, 0.2) is 115 Å². The number of carboxylic acids is 1. The Hall–Kier alpha value is -4.95. The number of nitrogens with one attached hydrogen (secondary N) is 1. The lowest BCUT2D eigenvalue weighted by atomic mass is 10.0. The van der Waals surface area contributed by atoms with Crippen LogP contribution in [-0.4, -0.2) is 41.7 Å². The monoisotopic (exact) mass is 591 g/mol. The van der Waals surface area contributed by atoms with Crippen LogP contribution in [-0.2, 0) is 24.2 Å². The van der Waals surface area contributed by atoms with Crippen molar-refractivity contribution in [1.82, 2.24) is 10.3 Å². The van der Waals surface area contributed by atoms with Gasteiger partial charge in [-0.2, -0.15) is 0 Å². The van der Waals surface area contributed by atoms with Gasteiger partial charge in [-0.15, -0.1) is 11.3 Å². The molecule has 1 unspecified atom stereocenters. The van der Waals surface area contributed by atoms with Crippen molar-refractivity contribution in [3.63, 3.8) is 0 Å². The van der Waals surface area contributed by atoms with Crippen molar-refractivity contribution >= 4 is 28.3 Å². The third-order valence-corrected chi connectivity index (χ3v) is 8.04. The topological polar surface area (TPSA) is 91.8 Å². The van der Waals surface area contributed by atoms with Gasteiger partial charge in [-0.1, -0.05) is 72.8 Å². The molecule has 0 spiro atoms. The third kappa shape index (κ3) is 8.08. The van der Waals surface area contributed by atoms with Crippen molar-refractivity contribution in [3.05, 3.63) is 137 Å². The number of thiazole rings is 1. The van der Waals surface area contributed by atoms with E-state index in [1.165, 1.54) is 5.56 Å². The van der Waals surface area contributed by atoms with E-state index >= 15 is 0 Å². The zero-order chi connectivity index (χ0) is 30.0. The van der Waals surface area contributed by atoms with Crippen LogP contribution in [0.5, 0.6) is 5.75 Å². The Balaban J connectivity index is 1.29. The van der Waals surface area contributed by atoms with Crippen LogP contribution in [0.3, 0.4) is 0 Å². The van der Waals surface area contributed by atoms with Gasteiger partial charge in [0, 0.05) is 36.0 Å². The first kappa shape index (κ1) is 29.5. The molecule has 0 radical (unpaired) electrons. The molecule has 1 heterocycles. The molecule has 2 N–H and O–H groups in total. The van der Waals surface area contributed by atoms with Gasteiger partial charge >= 0.3 is 5.97 Å². The lowest BCUT2D eigenvalue weighted by Gasteiger charge is -2.22. The molecule has 0 saturated heterocycles. The number of aliphatic carboxylic acids is 1. The number of aromatic nitrogens is 1. The molecule has 0 aliphatic rings. The van der Waals surface area contributed by atoms with Crippen LogP contribution in [0, 0.1) is 0 Å². The van der Waals surface area contributed by atoms with Crippen molar-refractivity contribution in [2.75, 3.05) is 18.6 Å². The first-order valence-corrected chi connectivity index (χ1v) is 14.9. The molecule has 4 aromatic carbocycles. The standard InChI is InChI=1S/C35H33N3O4S/c1-42-30-18-16-28(17-19-30)32-24-43-35(37-32)38(21-20-25-8-4-2-5-9-25)23-27-12-14-29(15-13-27)33(39)36-31(34(40)41)22-26-10-6-3-7-11-26/h2-19,24,31H,20-23H2,1H3,(H,36,39)(H,40,41). The van der Waals surface area contributed by atoms with Crippen LogP contribution in [0.25, 0.3) is 11.3 Å². The summed E-state index contributed by atoms with van der Waals surface area (Å²) in [6.07, 6.45) is 1.07. The van der Waals surface area contributed by atoms with Crippen molar-refractivity contribution in [2.45, 2.75) is 25.4 Å². The number of anilines is 1. The van der Waals surface area contributed by atoms with Gasteiger partial charge < -0.3 is 20.1 Å². The van der Waals surface area contributed by atoms with Crippen LogP contribution >= 0.6 is 11.3 Å². The second kappa shape index (κ2) is 14.3. The maximum atomic E-state index is 12.9. The lowest BCUT2D eigenvalue weighted by Crippen LogP contribution is -2.42. The number of carboxylic acid groups (broad SMARTS) is 1. The van der Waals surface area contributed by atoms with Gasteiger partial charge in [0.05, 0.1) is 12.8 Å². The van der Waals surface area contributed by atoms with Crippen molar-refractivity contribution < 1.29 is 19.4 Å². The number of methoxy groups -OCH3 is 1. The van der Waals surface area contributed by atoms with Gasteiger partial charge in [0.2, 0.25) is 0 Å². The zero-order valence-corrected chi connectivity index (χ0v) is 24.7. The summed E-state index contributed by atoms with van der Waals surface area (Å²) < 4.78 is 5.29. The Kier molecular flexibility index (Phi) is 9.82. The molecule has 0 fully saturated rings. The second-order valence-corrected chi connectivity index (χ2v) is 11.0. The highest BCUT2D eigenvalue weighted by molar-refractivity contribution is 7.14. The number of amides is 1. The van der Waals surface area contributed by atoms with E-state index in [0.29, 0.717) is 12.1 Å². The Morgan fingerprint density at radius 2 is 1.51 bits per heavy atom. The van der Waals surface area contributed by atoms with E-state index in [1.54, 1.807) is 30.6 Å². The first-order valence-electron chi connectivity index (χ1n) is 14.0. The SMILES string of the molecule is COc1ccc(-c2csc(N(CCc3ccccc3)Cc3ccc(C(=O)NC(Cc4ccccc4)C(=O)O)cc3)n2)cc1. The quantitative estimate of drug-likeness (QED) is 0.163. The zero-order valence-electron chi connectivity index (χ0n) is 23.9. The second-order valence-electron chi connectivity index (χ2n) is 10.2. The minimum Gasteiger partial charge on any atom is -0.497 e. The predicted octanol–water partition coefficient (Wildman–Crippen LogP) is 6.49. The van der Waals surface area contributed by atoms with Gasteiger partial charge in [0.15, 0.2) is 5.13 Å². The molecular formula is C35H33N3O4S. The highest BCUT2D eigenvalue weighted by atomic mass is 32.1. The van der Waals surface area contributed by atoms with E-state index in [2.05, 4.69) is 27.7 Å². The number of rotatable bonds is 13. The maximum absolute atomic E-state index is 12.9. The van der Waals surface area contributed by atoms with Crippen molar-refractivity contribution in [1.29, 1.82) is 0 Å². The normalized spacial score (nSPS) is 11.5. The number of hydrogen-bond donors (Lipinski definition) is 2. The Morgan fingerprint density at radius 3 is 2.14 bits per heavy atom. The fraction of sp³-hybridized carbons (Fsp3) is 0.171. The summed E-state index contributed by atoms with van der Waals surface area (Å²) in [7, 11) is 1.65. The summed E-state index contributed by atoms with van der Waals surface area (Å²) in [5, 5.41) is 15.3. The third-order valence-electron chi connectivity index (χ3n) is 7.14. The first-order chi connectivity index (χ1) is 21.0. The van der Waals surface area contributed by atoms with E-state index < -0.39 is 17.9 Å². The van der Waals surface area contributed by atoms with Crippen LogP contribution in [0.1, 0.15) is 27.0 Å². The summed E-state index contributed by atoms with van der Waals surface area (Å²) >= 11 is 1.60. The molecule has 0 bridgehead atoms. The molecule has 1 amide bonds. The molecule has 1 atom stereocenters. The molecular weight excluding hydrogens is 558 g/mol. The van der Waals surface area contributed by atoms with E-state index in [0.717, 1.165) is 46.2 Å². The van der Waals surface area contributed by atoms with Crippen LogP contribution in [0.2, 0.25) is 0 Å². The van der Waals surface area contributed by atoms with Crippen LogP contribution in [0.4, 0.5) is 5.13 Å². The van der Waals surface area contributed by atoms with Gasteiger partial charge in [0.25, 0.3) is 5.91 Å². The maximum Gasteiger partial charge on any atom is 0.326 e. The van der Waals surface area contributed by atoms with Crippen molar-refractivity contribution in [2.24, 2.45) is 0 Å². The molecule has 0 aliphatic heterocycles. The molecule has 43 heavy (non-hydrogen) atoms. The Morgan fingerprint density at radius 1 is 0.860 bits per heavy atom. The van der Waals surface area contributed by atoms with E-state index in [1.807, 2.05) is 84.9 Å². The number of carbonyl (C=O) groups excluding carboxylic acids is 1. The van der Waals surface area contributed by atoms with Gasteiger partial charge in [-0.25, -0.2) is 9.78 Å². The molecule has 218 valence electrons. The summed E-state index contributed by atoms with van der Waals surface area (Å²) in [6.45, 7) is 1.37. The summed E-state index contributed by atoms with van der Waals surface area (Å²) in [5.74, 6) is -0.685. The summed E-state index contributed by atoms with van der Waals surface area (Å²) in [4.78, 5) is 32.0. The van der Waals surface area contributed by atoms with E-state index in [4.69, 9.17) is 9.72 Å². The Bertz CT molecular complexity index is 1620. The van der Waals surface area contributed by atoms with E-state index in [-0.39, 0.29) is 6.42 Å². The highest BCUT2D eigenvalue weighted by Gasteiger charge is 2.21. The summed E-state index contributed by atoms with van der Waals surface area (Å²) in [6, 6.07) is 33.8. The number of benzene rings is 4. The average Bonchev–Trinajstić information content (AvgIpc) is 3.54. The fourth-order valence-corrected chi connectivity index (χ4v) is 5.59. The number of carbonyl (C=O) groups is 2. The molecule has 7 nitrogen and oxygen atoms in total. The van der Waals surface area contributed by atoms with Gasteiger partial charge in [-0.3, -0.25) is 4.79 Å². The molecule has 8 heteroatoms. The Labute approximate surface area is 255 Å². The fourth-order valence-electron chi connectivity index (χ4n) is 4.73. The van der Waals surface area contributed by atoms with Gasteiger partial charge in [0.1, 0.15) is 11.8 Å². The predicted molar refractivity (Wildman–Crippen MR) is 171 cm³/mol. The molecule has 0 saturated carbocycles. The highest BCUT2D eigenvalue weighted by Crippen LogP contribution is 2.30.